The Bertz CT molecular complexity index is 185. The van der Waals surface area contributed by atoms with E-state index in [1.54, 1.807) is 0 Å². The molecule has 7 heteroatoms. The van der Waals surface area contributed by atoms with Gasteiger partial charge in [-0.1, -0.05) is 6.92 Å². The summed E-state index contributed by atoms with van der Waals surface area (Å²) in [5.74, 6) is 0. The van der Waals surface area contributed by atoms with E-state index in [0.717, 1.165) is 0 Å². The third-order valence-electron chi connectivity index (χ3n) is 1.41. The van der Waals surface area contributed by atoms with Crippen LogP contribution in [0, 0.1) is 0 Å². The molecule has 0 aliphatic rings. The summed E-state index contributed by atoms with van der Waals surface area (Å²) in [6.45, 7) is 1.31. The number of halogens is 3. The Morgan fingerprint density at radius 1 is 1.42 bits per heavy atom. The highest BCUT2D eigenvalue weighted by Crippen LogP contribution is 2.47. The minimum Gasteiger partial charge on any atom is -0.324 e. The third kappa shape index (κ3) is 4.74. The predicted octanol–water partition coefficient (Wildman–Crippen LogP) is 1.90. The van der Waals surface area contributed by atoms with E-state index < -0.39 is 25.9 Å². The molecule has 0 amide bonds. The van der Waals surface area contributed by atoms with Gasteiger partial charge in [-0.05, 0) is 6.42 Å². The van der Waals surface area contributed by atoms with Crippen LogP contribution in [0.2, 0.25) is 0 Å². The number of hydrogen-bond donors (Lipinski definition) is 2. The van der Waals surface area contributed by atoms with Crippen LogP contribution in [0.1, 0.15) is 19.8 Å². The summed E-state index contributed by atoms with van der Waals surface area (Å²) in [7, 11) is -4.59. The molecule has 0 aromatic carbocycles. The summed E-state index contributed by atoms with van der Waals surface area (Å²) >= 11 is 0. The van der Waals surface area contributed by atoms with Crippen molar-refractivity contribution in [3.63, 3.8) is 0 Å². The summed E-state index contributed by atoms with van der Waals surface area (Å²) in [5, 5.41) is 0. The zero-order chi connectivity index (χ0) is 9.99. The molecule has 0 fully saturated rings. The minimum absolute atomic E-state index is 0.177. The van der Waals surface area contributed by atoms with E-state index in [9.17, 15) is 17.7 Å². The summed E-state index contributed by atoms with van der Waals surface area (Å²) in [5.41, 5.74) is -1.60. The topological polar surface area (TPSA) is 57.5 Å². The molecule has 0 aromatic rings. The van der Waals surface area contributed by atoms with Crippen molar-refractivity contribution in [1.82, 2.24) is 0 Å². The molecule has 0 radical (unpaired) electrons. The van der Waals surface area contributed by atoms with Crippen LogP contribution in [0.4, 0.5) is 13.2 Å². The van der Waals surface area contributed by atoms with Crippen molar-refractivity contribution in [2.24, 2.45) is 0 Å². The van der Waals surface area contributed by atoms with Gasteiger partial charge in [0.25, 0.3) is 0 Å². The Balaban J connectivity index is 4.30. The molecule has 0 aliphatic carbocycles. The minimum atomic E-state index is -4.59. The largest absolute Gasteiger partial charge is 0.390 e. The second kappa shape index (κ2) is 3.77. The molecule has 0 bridgehead atoms. The summed E-state index contributed by atoms with van der Waals surface area (Å²) < 4.78 is 45.5. The number of hydrogen-bond acceptors (Lipinski definition) is 1. The van der Waals surface area contributed by atoms with Crippen molar-refractivity contribution < 1.29 is 27.5 Å². The Morgan fingerprint density at radius 2 is 1.83 bits per heavy atom. The average molecular weight is 206 g/mol. The second-order valence-electron chi connectivity index (χ2n) is 2.47. The lowest BCUT2D eigenvalue weighted by atomic mass is 10.2. The quantitative estimate of drug-likeness (QED) is 0.693. The third-order valence-corrected chi connectivity index (χ3v) is 2.91. The van der Waals surface area contributed by atoms with Crippen molar-refractivity contribution >= 4 is 7.60 Å². The molecule has 0 rings (SSSR count). The second-order valence-corrected chi connectivity index (χ2v) is 4.38. The lowest BCUT2D eigenvalue weighted by Gasteiger charge is -2.17. The molecule has 1 unspecified atom stereocenters. The van der Waals surface area contributed by atoms with Gasteiger partial charge in [-0.15, -0.1) is 0 Å². The molecule has 0 heterocycles. The standard InChI is InChI=1S/C5H10F3O3P/c1-2-4(12(9,10)11)3-5(6,7)8/h4H,2-3H2,1H3,(H2,9,10,11). The number of alkyl halides is 3. The first kappa shape index (κ1) is 11.9. The highest BCUT2D eigenvalue weighted by molar-refractivity contribution is 7.52. The van der Waals surface area contributed by atoms with Gasteiger partial charge in [0, 0.05) is 0 Å². The molecule has 1 atom stereocenters. The van der Waals surface area contributed by atoms with E-state index >= 15 is 0 Å². The SMILES string of the molecule is CCC(CC(F)(F)F)P(=O)(O)O. The Kier molecular flexibility index (Phi) is 3.75. The smallest absolute Gasteiger partial charge is 0.324 e. The van der Waals surface area contributed by atoms with Crippen molar-refractivity contribution in [3.8, 4) is 0 Å². The maximum Gasteiger partial charge on any atom is 0.390 e. The fourth-order valence-electron chi connectivity index (χ4n) is 0.768. The molecular weight excluding hydrogens is 196 g/mol. The molecule has 74 valence electrons. The Labute approximate surface area is 67.7 Å². The van der Waals surface area contributed by atoms with Crippen molar-refractivity contribution in [2.45, 2.75) is 31.6 Å². The van der Waals surface area contributed by atoms with Gasteiger partial charge in [-0.25, -0.2) is 0 Å². The van der Waals surface area contributed by atoms with Crippen molar-refractivity contribution in [3.05, 3.63) is 0 Å². The van der Waals surface area contributed by atoms with E-state index in [1.807, 2.05) is 0 Å². The maximum atomic E-state index is 11.7. The van der Waals surface area contributed by atoms with Crippen LogP contribution >= 0.6 is 7.60 Å². The lowest BCUT2D eigenvalue weighted by molar-refractivity contribution is -0.135. The van der Waals surface area contributed by atoms with Gasteiger partial charge in [0.15, 0.2) is 0 Å². The van der Waals surface area contributed by atoms with Gasteiger partial charge >= 0.3 is 13.8 Å². The van der Waals surface area contributed by atoms with Gasteiger partial charge in [0.1, 0.15) is 0 Å². The van der Waals surface area contributed by atoms with Gasteiger partial charge in [-0.3, -0.25) is 4.57 Å². The molecule has 0 aliphatic heterocycles. The first-order valence-electron chi connectivity index (χ1n) is 3.28. The molecule has 0 saturated heterocycles. The normalized spacial score (nSPS) is 16.2. The predicted molar refractivity (Wildman–Crippen MR) is 36.8 cm³/mol. The molecule has 0 aromatic heterocycles. The molecular formula is C5H10F3O3P. The molecule has 2 N–H and O–H groups in total. The van der Waals surface area contributed by atoms with Crippen LogP contribution in [0.25, 0.3) is 0 Å². The zero-order valence-electron chi connectivity index (χ0n) is 6.38. The summed E-state index contributed by atoms with van der Waals surface area (Å²) in [6.07, 6.45) is -6.11. The monoisotopic (exact) mass is 206 g/mol. The fraction of sp³-hybridized carbons (Fsp3) is 1.00. The lowest BCUT2D eigenvalue weighted by Crippen LogP contribution is -2.19. The van der Waals surface area contributed by atoms with Crippen LogP contribution in [-0.2, 0) is 4.57 Å². The van der Waals surface area contributed by atoms with Crippen LogP contribution in [0.3, 0.4) is 0 Å². The van der Waals surface area contributed by atoms with E-state index in [2.05, 4.69) is 0 Å². The summed E-state index contributed by atoms with van der Waals surface area (Å²) in [6, 6.07) is 0. The first-order chi connectivity index (χ1) is 5.17. The van der Waals surface area contributed by atoms with Gasteiger partial charge in [0.05, 0.1) is 12.1 Å². The number of rotatable bonds is 3. The van der Waals surface area contributed by atoms with Crippen LogP contribution in [-0.4, -0.2) is 21.6 Å². The Hall–Kier alpha value is -0.0600. The van der Waals surface area contributed by atoms with Gasteiger partial charge in [-0.2, -0.15) is 13.2 Å². The van der Waals surface area contributed by atoms with Crippen LogP contribution < -0.4 is 0 Å². The average Bonchev–Trinajstić information content (AvgIpc) is 1.78. The van der Waals surface area contributed by atoms with Crippen molar-refractivity contribution in [1.29, 1.82) is 0 Å². The first-order valence-corrected chi connectivity index (χ1v) is 4.97. The molecule has 0 spiro atoms. The Morgan fingerprint density at radius 3 is 1.92 bits per heavy atom. The fourth-order valence-corrected chi connectivity index (χ4v) is 1.69. The maximum absolute atomic E-state index is 11.7. The van der Waals surface area contributed by atoms with Gasteiger partial charge in [0.2, 0.25) is 0 Å². The highest BCUT2D eigenvalue weighted by Gasteiger charge is 2.38. The van der Waals surface area contributed by atoms with Gasteiger partial charge < -0.3 is 9.79 Å². The van der Waals surface area contributed by atoms with E-state index in [1.165, 1.54) is 6.92 Å². The molecule has 0 saturated carbocycles. The van der Waals surface area contributed by atoms with E-state index in [4.69, 9.17) is 9.79 Å². The van der Waals surface area contributed by atoms with Crippen LogP contribution in [0.5, 0.6) is 0 Å². The summed E-state index contributed by atoms with van der Waals surface area (Å²) in [4.78, 5) is 16.9. The molecule has 3 nitrogen and oxygen atoms in total. The van der Waals surface area contributed by atoms with Crippen LogP contribution in [0.15, 0.2) is 0 Å². The van der Waals surface area contributed by atoms with E-state index in [0.29, 0.717) is 0 Å². The highest BCUT2D eigenvalue weighted by atomic mass is 31.2. The molecule has 12 heavy (non-hydrogen) atoms. The zero-order valence-corrected chi connectivity index (χ0v) is 7.27. The van der Waals surface area contributed by atoms with E-state index in [-0.39, 0.29) is 6.42 Å². The van der Waals surface area contributed by atoms with Crippen molar-refractivity contribution in [2.75, 3.05) is 0 Å².